The van der Waals surface area contributed by atoms with Gasteiger partial charge in [-0.05, 0) is 91.0 Å². The molecular formula is C32H50N4O4. The Kier molecular flexibility index (Phi) is 8.67. The van der Waals surface area contributed by atoms with E-state index in [0.717, 1.165) is 70.5 Å². The molecule has 3 amide bonds. The number of piperidine rings is 1. The van der Waals surface area contributed by atoms with Crippen LogP contribution in [-0.4, -0.2) is 88.9 Å². The van der Waals surface area contributed by atoms with Gasteiger partial charge in [0.15, 0.2) is 0 Å². The molecule has 222 valence electrons. The van der Waals surface area contributed by atoms with Gasteiger partial charge in [-0.1, -0.05) is 30.3 Å². The second kappa shape index (κ2) is 11.9. The molecule has 0 aliphatic carbocycles. The summed E-state index contributed by atoms with van der Waals surface area (Å²) < 4.78 is 11.2. The number of carbonyl (C=O) groups excluding carboxylic acids is 2. The summed E-state index contributed by atoms with van der Waals surface area (Å²) in [5, 5.41) is 3.14. The third-order valence-corrected chi connectivity index (χ3v) is 9.38. The summed E-state index contributed by atoms with van der Waals surface area (Å²) in [5.41, 5.74) is 0.489. The molecule has 0 saturated carbocycles. The molecule has 2 bridgehead atoms. The van der Waals surface area contributed by atoms with Gasteiger partial charge in [-0.25, -0.2) is 9.59 Å². The van der Waals surface area contributed by atoms with E-state index in [4.69, 9.17) is 9.47 Å². The minimum absolute atomic E-state index is 0.0770. The molecule has 5 rings (SSSR count). The Labute approximate surface area is 240 Å². The maximum absolute atomic E-state index is 13.7. The van der Waals surface area contributed by atoms with Crippen LogP contribution in [0.15, 0.2) is 30.3 Å². The fourth-order valence-electron chi connectivity index (χ4n) is 7.85. The summed E-state index contributed by atoms with van der Waals surface area (Å²) in [6, 6.07) is 11.5. The molecule has 8 nitrogen and oxygen atoms in total. The fourth-order valence-corrected chi connectivity index (χ4v) is 7.85. The van der Waals surface area contributed by atoms with E-state index in [1.807, 2.05) is 39.0 Å². The fraction of sp³-hybridized carbons (Fsp3) is 0.750. The van der Waals surface area contributed by atoms with E-state index in [0.29, 0.717) is 18.0 Å². The molecule has 1 N–H and O–H groups in total. The van der Waals surface area contributed by atoms with Crippen LogP contribution in [0.4, 0.5) is 9.59 Å². The van der Waals surface area contributed by atoms with Crippen molar-refractivity contribution in [3.8, 4) is 0 Å². The lowest BCUT2D eigenvalue weighted by Crippen LogP contribution is -2.60. The first-order valence-electron chi connectivity index (χ1n) is 15.5. The van der Waals surface area contributed by atoms with Crippen LogP contribution in [0, 0.1) is 5.92 Å². The average Bonchev–Trinajstić information content (AvgIpc) is 3.30. The molecule has 3 atom stereocenters. The highest BCUT2D eigenvalue weighted by Gasteiger charge is 2.57. The first kappa shape index (κ1) is 29.2. The van der Waals surface area contributed by atoms with E-state index >= 15 is 0 Å². The van der Waals surface area contributed by atoms with Crippen molar-refractivity contribution in [1.82, 2.24) is 20.0 Å². The summed E-state index contributed by atoms with van der Waals surface area (Å²) in [4.78, 5) is 33.5. The van der Waals surface area contributed by atoms with Crippen LogP contribution < -0.4 is 5.32 Å². The molecule has 0 aromatic heterocycles. The highest BCUT2D eigenvalue weighted by atomic mass is 16.6. The van der Waals surface area contributed by atoms with Crippen LogP contribution in [-0.2, 0) is 9.47 Å². The van der Waals surface area contributed by atoms with Crippen molar-refractivity contribution in [2.24, 2.45) is 5.92 Å². The SMILES string of the molecule is CC(C)N1C(=O)N(CC2CCOCC2)CC12CC1CCC(C2)N1CC[C@H](NC(=O)OC(C)(C)C)c1ccccc1. The molecule has 4 saturated heterocycles. The molecule has 2 unspecified atom stereocenters. The normalized spacial score (nSPS) is 28.5. The number of carbonyl (C=O) groups is 2. The first-order valence-corrected chi connectivity index (χ1v) is 15.5. The van der Waals surface area contributed by atoms with Crippen molar-refractivity contribution in [1.29, 1.82) is 0 Å². The number of hydrogen-bond donors (Lipinski definition) is 1. The quantitative estimate of drug-likeness (QED) is 0.454. The molecular weight excluding hydrogens is 504 g/mol. The van der Waals surface area contributed by atoms with Gasteiger partial charge >= 0.3 is 12.1 Å². The molecule has 4 aliphatic rings. The maximum atomic E-state index is 13.7. The van der Waals surface area contributed by atoms with Crippen LogP contribution in [0.5, 0.6) is 0 Å². The number of benzene rings is 1. The molecule has 4 aliphatic heterocycles. The number of urea groups is 1. The number of rotatable bonds is 8. The second-order valence-corrected chi connectivity index (χ2v) is 13.8. The van der Waals surface area contributed by atoms with Crippen molar-refractivity contribution in [2.45, 2.75) is 115 Å². The van der Waals surface area contributed by atoms with Crippen LogP contribution in [0.25, 0.3) is 0 Å². The predicted molar refractivity (Wildman–Crippen MR) is 156 cm³/mol. The zero-order valence-corrected chi connectivity index (χ0v) is 25.2. The Bertz CT molecular complexity index is 1010. The summed E-state index contributed by atoms with van der Waals surface area (Å²) in [5.74, 6) is 0.547. The molecule has 1 aromatic rings. The summed E-state index contributed by atoms with van der Waals surface area (Å²) in [7, 11) is 0. The third-order valence-electron chi connectivity index (χ3n) is 9.38. The van der Waals surface area contributed by atoms with E-state index in [9.17, 15) is 9.59 Å². The van der Waals surface area contributed by atoms with Gasteiger partial charge in [-0.3, -0.25) is 4.90 Å². The van der Waals surface area contributed by atoms with Gasteiger partial charge in [0.25, 0.3) is 0 Å². The molecule has 4 heterocycles. The standard InChI is InChI=1S/C32H50N4O4/c1-23(2)36-30(38)34(21-24-14-17-39-18-15-24)22-32(36)19-26-11-12-27(20-32)35(26)16-13-28(25-9-7-6-8-10-25)33-29(37)40-31(3,4)5/h6-10,23-24,26-28H,11-22H2,1-5H3,(H,33,37)/t26?,27?,28-,32?/m0/s1. The molecule has 1 spiro atoms. The number of alkyl carbamates (subject to hydrolysis) is 1. The average molecular weight is 555 g/mol. The highest BCUT2D eigenvalue weighted by Crippen LogP contribution is 2.48. The summed E-state index contributed by atoms with van der Waals surface area (Å²) in [6.45, 7) is 14.3. The first-order chi connectivity index (χ1) is 19.0. The number of amides is 3. The predicted octanol–water partition coefficient (Wildman–Crippen LogP) is 5.58. The van der Waals surface area contributed by atoms with E-state index in [-0.39, 0.29) is 29.7 Å². The Morgan fingerprint density at radius 2 is 1.73 bits per heavy atom. The zero-order chi connectivity index (χ0) is 28.5. The summed E-state index contributed by atoms with van der Waals surface area (Å²) >= 11 is 0. The number of hydrogen-bond acceptors (Lipinski definition) is 5. The molecule has 0 radical (unpaired) electrons. The topological polar surface area (TPSA) is 74.4 Å². The lowest BCUT2D eigenvalue weighted by atomic mass is 9.81. The van der Waals surface area contributed by atoms with Crippen LogP contribution in [0.1, 0.15) is 91.2 Å². The minimum atomic E-state index is -0.536. The second-order valence-electron chi connectivity index (χ2n) is 13.8. The Morgan fingerprint density at radius 3 is 2.33 bits per heavy atom. The van der Waals surface area contributed by atoms with Crippen molar-refractivity contribution < 1.29 is 19.1 Å². The van der Waals surface area contributed by atoms with Crippen molar-refractivity contribution in [2.75, 3.05) is 32.8 Å². The number of nitrogens with one attached hydrogen (secondary N) is 1. The molecule has 40 heavy (non-hydrogen) atoms. The van der Waals surface area contributed by atoms with E-state index in [1.165, 1.54) is 12.8 Å². The largest absolute Gasteiger partial charge is 0.444 e. The van der Waals surface area contributed by atoms with Crippen molar-refractivity contribution >= 4 is 12.1 Å². The Morgan fingerprint density at radius 1 is 1.07 bits per heavy atom. The van der Waals surface area contributed by atoms with Crippen LogP contribution >= 0.6 is 0 Å². The van der Waals surface area contributed by atoms with E-state index < -0.39 is 5.60 Å². The third kappa shape index (κ3) is 6.43. The van der Waals surface area contributed by atoms with Gasteiger partial charge in [0.1, 0.15) is 5.60 Å². The van der Waals surface area contributed by atoms with Crippen LogP contribution in [0.2, 0.25) is 0 Å². The summed E-state index contributed by atoms with van der Waals surface area (Å²) in [6.07, 6.45) is 6.99. The number of fused-ring (bicyclic) bond motifs is 2. The smallest absolute Gasteiger partial charge is 0.408 e. The van der Waals surface area contributed by atoms with Gasteiger partial charge < -0.3 is 24.6 Å². The Hall–Kier alpha value is -2.32. The monoisotopic (exact) mass is 554 g/mol. The Balaban J connectivity index is 1.26. The van der Waals surface area contributed by atoms with Gasteiger partial charge in [-0.2, -0.15) is 0 Å². The van der Waals surface area contributed by atoms with Crippen molar-refractivity contribution in [3.63, 3.8) is 0 Å². The van der Waals surface area contributed by atoms with E-state index in [1.54, 1.807) is 0 Å². The number of ether oxygens (including phenoxy) is 2. The lowest BCUT2D eigenvalue weighted by Gasteiger charge is -2.49. The minimum Gasteiger partial charge on any atom is -0.444 e. The molecule has 8 heteroatoms. The zero-order valence-electron chi connectivity index (χ0n) is 25.2. The van der Waals surface area contributed by atoms with Gasteiger partial charge in [0.05, 0.1) is 11.6 Å². The van der Waals surface area contributed by atoms with Crippen molar-refractivity contribution in [3.05, 3.63) is 35.9 Å². The maximum Gasteiger partial charge on any atom is 0.408 e. The van der Waals surface area contributed by atoms with Crippen LogP contribution in [0.3, 0.4) is 0 Å². The molecule has 1 aromatic carbocycles. The highest BCUT2D eigenvalue weighted by molar-refractivity contribution is 5.78. The van der Waals surface area contributed by atoms with Gasteiger partial charge in [-0.15, -0.1) is 0 Å². The number of nitrogens with zero attached hydrogens (tertiary/aromatic N) is 3. The molecule has 4 fully saturated rings. The lowest BCUT2D eigenvalue weighted by molar-refractivity contribution is 0.0140. The van der Waals surface area contributed by atoms with Gasteiger partial charge in [0, 0.05) is 51.0 Å². The van der Waals surface area contributed by atoms with E-state index in [2.05, 4.69) is 46.0 Å². The van der Waals surface area contributed by atoms with Gasteiger partial charge in [0.2, 0.25) is 0 Å².